The minimum Gasteiger partial charge on any atom is -0.481 e. The van der Waals surface area contributed by atoms with E-state index in [1.165, 1.54) is 6.08 Å². The summed E-state index contributed by atoms with van der Waals surface area (Å²) in [5, 5.41) is 64.2. The zero-order valence-corrected chi connectivity index (χ0v) is 28.6. The van der Waals surface area contributed by atoms with Crippen molar-refractivity contribution in [2.45, 2.75) is 144 Å². The summed E-state index contributed by atoms with van der Waals surface area (Å²) in [7, 11) is 0. The highest BCUT2D eigenvalue weighted by molar-refractivity contribution is 5.82. The number of allylic oxidation sites excluding steroid dienone is 6. The van der Waals surface area contributed by atoms with Crippen LogP contribution in [0, 0.1) is 5.92 Å². The van der Waals surface area contributed by atoms with Crippen LogP contribution in [-0.2, 0) is 33.3 Å². The number of epoxide rings is 1. The van der Waals surface area contributed by atoms with Gasteiger partial charge in [-0.1, -0.05) is 68.4 Å². The van der Waals surface area contributed by atoms with Crippen molar-refractivity contribution in [3.8, 4) is 0 Å². The molecule has 3 fully saturated rings. The van der Waals surface area contributed by atoms with Crippen LogP contribution in [-0.4, -0.2) is 122 Å². The van der Waals surface area contributed by atoms with Crippen molar-refractivity contribution in [1.82, 2.24) is 0 Å². The first-order valence-corrected chi connectivity index (χ1v) is 17.4. The number of rotatable bonds is 6. The van der Waals surface area contributed by atoms with Gasteiger partial charge in [0.1, 0.15) is 24.2 Å². The third-order valence-corrected chi connectivity index (χ3v) is 9.35. The summed E-state index contributed by atoms with van der Waals surface area (Å²) in [6, 6.07) is -1.08. The standard InChI is InChI=1S/C36H53NO13/c1-3-4-12-23-13-10-8-6-5-7-9-11-14-24(48-35-33(42)31(37)32(41)21(2)46-35)18-28-30(34(43)44)25(39)20-36(45,50-28)19-22(38)17-27-26(49-27)15-16-29(40)47-23/h5-11,14-16,21-28,30-33,35,38-39,41-42,45H,3-4,12-13,17-20,37H2,1-2H3,(H,43,44)/b6-5+,9-7+,10-8+,14-11+,16-15+. The maximum atomic E-state index is 12.5. The van der Waals surface area contributed by atoms with Crippen LogP contribution in [0.15, 0.2) is 60.8 Å². The number of aliphatic hydroxyl groups excluding tert-OH is 4. The van der Waals surface area contributed by atoms with Crippen LogP contribution in [0.5, 0.6) is 0 Å². The molecule has 0 aromatic heterocycles. The van der Waals surface area contributed by atoms with Crippen molar-refractivity contribution in [2.75, 3.05) is 0 Å². The van der Waals surface area contributed by atoms with Crippen LogP contribution in [0.4, 0.5) is 0 Å². The van der Waals surface area contributed by atoms with Crippen molar-refractivity contribution in [3.63, 3.8) is 0 Å². The Bertz CT molecular complexity index is 1270. The average molecular weight is 708 g/mol. The van der Waals surface area contributed by atoms with E-state index in [4.69, 9.17) is 29.4 Å². The fourth-order valence-corrected chi connectivity index (χ4v) is 6.54. The number of ether oxygens (including phenoxy) is 5. The van der Waals surface area contributed by atoms with Crippen LogP contribution in [0.25, 0.3) is 0 Å². The molecule has 14 nitrogen and oxygen atoms in total. The Balaban J connectivity index is 1.58. The number of aliphatic carboxylic acids is 1. The topological polar surface area (TPSA) is 231 Å². The molecule has 4 rings (SSSR count). The molecule has 0 amide bonds. The molecular formula is C36H53NO13. The van der Waals surface area contributed by atoms with Crippen LogP contribution in [0.3, 0.4) is 0 Å². The summed E-state index contributed by atoms with van der Waals surface area (Å²) in [6.45, 7) is 3.64. The molecule has 0 aromatic rings. The lowest BCUT2D eigenvalue weighted by atomic mass is 9.83. The molecule has 8 N–H and O–H groups in total. The van der Waals surface area contributed by atoms with Crippen LogP contribution in [0.1, 0.15) is 65.2 Å². The number of carboxylic acids is 1. The van der Waals surface area contributed by atoms with E-state index in [0.29, 0.717) is 6.42 Å². The van der Waals surface area contributed by atoms with Crippen molar-refractivity contribution >= 4 is 11.9 Å². The number of fused-ring (bicyclic) bond motifs is 3. The maximum absolute atomic E-state index is 12.5. The van der Waals surface area contributed by atoms with Crippen molar-refractivity contribution in [1.29, 1.82) is 0 Å². The first-order valence-electron chi connectivity index (χ1n) is 17.4. The van der Waals surface area contributed by atoms with E-state index in [0.717, 1.165) is 19.3 Å². The zero-order valence-electron chi connectivity index (χ0n) is 28.6. The van der Waals surface area contributed by atoms with E-state index in [1.807, 2.05) is 18.2 Å². The normalized spacial score (nSPS) is 45.1. The minimum atomic E-state index is -2.10. The minimum absolute atomic E-state index is 0.0816. The molecule has 50 heavy (non-hydrogen) atoms. The second-order valence-corrected chi connectivity index (χ2v) is 13.5. The molecule has 0 saturated carbocycles. The van der Waals surface area contributed by atoms with E-state index in [9.17, 15) is 40.2 Å². The maximum Gasteiger partial charge on any atom is 0.330 e. The van der Waals surface area contributed by atoms with Gasteiger partial charge < -0.3 is 60.1 Å². The van der Waals surface area contributed by atoms with Gasteiger partial charge in [0.2, 0.25) is 0 Å². The third kappa shape index (κ3) is 11.6. The van der Waals surface area contributed by atoms with Crippen LogP contribution in [0.2, 0.25) is 0 Å². The number of cyclic esters (lactones) is 1. The Labute approximate surface area is 292 Å². The number of carbonyl (C=O) groups excluding carboxylic acids is 1. The summed E-state index contributed by atoms with van der Waals surface area (Å²) in [5.41, 5.74) is 6.00. The van der Waals surface area contributed by atoms with E-state index in [-0.39, 0.29) is 25.4 Å². The van der Waals surface area contributed by atoms with Gasteiger partial charge in [0.25, 0.3) is 0 Å². The van der Waals surface area contributed by atoms with Crippen molar-refractivity contribution in [3.05, 3.63) is 60.8 Å². The monoisotopic (exact) mass is 707 g/mol. The van der Waals surface area contributed by atoms with Crippen LogP contribution < -0.4 is 5.73 Å². The highest BCUT2D eigenvalue weighted by atomic mass is 16.7. The van der Waals surface area contributed by atoms with E-state index in [1.54, 1.807) is 43.4 Å². The van der Waals surface area contributed by atoms with Gasteiger partial charge in [0, 0.05) is 38.2 Å². The number of aliphatic hydroxyl groups is 5. The first kappa shape index (κ1) is 40.0. The highest BCUT2D eigenvalue weighted by Crippen LogP contribution is 2.39. The van der Waals surface area contributed by atoms with E-state index in [2.05, 4.69) is 6.92 Å². The van der Waals surface area contributed by atoms with Crippen LogP contribution >= 0.6 is 0 Å². The molecule has 14 atom stereocenters. The summed E-state index contributed by atoms with van der Waals surface area (Å²) >= 11 is 0. The smallest absolute Gasteiger partial charge is 0.330 e. The molecule has 0 spiro atoms. The molecule has 0 aromatic carbocycles. The Morgan fingerprint density at radius 3 is 2.42 bits per heavy atom. The Hall–Kier alpha value is -2.76. The van der Waals surface area contributed by atoms with E-state index >= 15 is 0 Å². The Morgan fingerprint density at radius 2 is 1.70 bits per heavy atom. The molecule has 4 aliphatic rings. The van der Waals surface area contributed by atoms with Gasteiger partial charge >= 0.3 is 11.9 Å². The highest BCUT2D eigenvalue weighted by Gasteiger charge is 2.51. The van der Waals surface area contributed by atoms with Gasteiger partial charge in [-0.2, -0.15) is 0 Å². The summed E-state index contributed by atoms with van der Waals surface area (Å²) in [5.74, 6) is -5.41. The number of hydrogen-bond acceptors (Lipinski definition) is 13. The number of hydrogen-bond donors (Lipinski definition) is 7. The molecule has 0 aliphatic carbocycles. The summed E-state index contributed by atoms with van der Waals surface area (Å²) in [6.07, 6.45) is 8.24. The quantitative estimate of drug-likeness (QED) is 0.152. The Kier molecular flexibility index (Phi) is 14.9. The predicted molar refractivity (Wildman–Crippen MR) is 179 cm³/mol. The lowest BCUT2D eigenvalue weighted by Gasteiger charge is -2.45. The number of esters is 1. The van der Waals surface area contributed by atoms with Gasteiger partial charge in [0.05, 0.1) is 48.8 Å². The lowest BCUT2D eigenvalue weighted by Crippen LogP contribution is -2.61. The number of nitrogens with two attached hydrogens (primary N) is 1. The van der Waals surface area contributed by atoms with Crippen molar-refractivity contribution < 1.29 is 63.9 Å². The van der Waals surface area contributed by atoms with Gasteiger partial charge in [-0.15, -0.1) is 0 Å². The number of carboxylic acid groups (broad SMARTS) is 1. The SMILES string of the molecule is CCCCC1C/C=C/C=C/C=C/C=C/C(OC2OC(C)C(O)C(N)C2O)CC2OC(O)(CC(O)CC3OC3/C=C/C(=O)O1)CC(O)C2C(=O)O. The molecule has 4 aliphatic heterocycles. The molecule has 0 radical (unpaired) electrons. The molecular weight excluding hydrogens is 654 g/mol. The second kappa shape index (κ2) is 18.6. The number of carbonyl (C=O) groups is 2. The van der Waals surface area contributed by atoms with Gasteiger partial charge in [-0.3, -0.25) is 4.79 Å². The zero-order chi connectivity index (χ0) is 36.4. The largest absolute Gasteiger partial charge is 0.481 e. The lowest BCUT2D eigenvalue weighted by molar-refractivity contribution is -0.308. The van der Waals surface area contributed by atoms with Gasteiger partial charge in [0.15, 0.2) is 12.1 Å². The fourth-order valence-electron chi connectivity index (χ4n) is 6.54. The molecule has 280 valence electrons. The molecule has 2 bridgehead atoms. The van der Waals surface area contributed by atoms with Gasteiger partial charge in [-0.25, -0.2) is 4.79 Å². The fraction of sp³-hybridized carbons (Fsp3) is 0.667. The van der Waals surface area contributed by atoms with Gasteiger partial charge in [-0.05, 0) is 19.4 Å². The molecule has 3 saturated heterocycles. The van der Waals surface area contributed by atoms with Crippen molar-refractivity contribution in [2.24, 2.45) is 11.7 Å². The average Bonchev–Trinajstić information content (AvgIpc) is 3.78. The summed E-state index contributed by atoms with van der Waals surface area (Å²) in [4.78, 5) is 24.8. The molecule has 14 unspecified atom stereocenters. The number of unbranched alkanes of at least 4 members (excludes halogenated alkanes) is 1. The molecule has 14 heteroatoms. The summed E-state index contributed by atoms with van der Waals surface area (Å²) < 4.78 is 29.0. The van der Waals surface area contributed by atoms with E-state index < -0.39 is 97.3 Å². The Morgan fingerprint density at radius 1 is 0.980 bits per heavy atom. The third-order valence-electron chi connectivity index (χ3n) is 9.35. The first-order chi connectivity index (χ1) is 23.8. The molecule has 4 heterocycles. The predicted octanol–water partition coefficient (Wildman–Crippen LogP) is 1.29. The second-order valence-electron chi connectivity index (χ2n) is 13.5.